The molecule has 2 fully saturated rings. The molecule has 0 heterocycles. The van der Waals surface area contributed by atoms with Crippen LogP contribution in [0.15, 0.2) is 5.16 Å². The van der Waals surface area contributed by atoms with Crippen LogP contribution in [0.1, 0.15) is 39.0 Å². The molecule has 2 aliphatic carbocycles. The minimum absolute atomic E-state index is 0.319. The molecule has 2 atom stereocenters. The number of nitrogens with zero attached hydrogens (tertiary/aromatic N) is 1. The molecule has 0 spiro atoms. The molecule has 2 heteroatoms. The molecule has 2 nitrogen and oxygen atoms in total. The topological polar surface area (TPSA) is 32.6 Å². The SMILES string of the molecule is CCC12CCC(C/C1=N\O)C2. The first kappa shape index (κ1) is 7.14. The fraction of sp³-hybridized carbons (Fsp3) is 0.889. The Balaban J connectivity index is 2.29. The van der Waals surface area contributed by atoms with E-state index in [0.717, 1.165) is 24.5 Å². The van der Waals surface area contributed by atoms with Crippen molar-refractivity contribution in [2.45, 2.75) is 39.0 Å². The summed E-state index contributed by atoms with van der Waals surface area (Å²) in [6.07, 6.45) is 6.11. The molecule has 2 bridgehead atoms. The highest BCUT2D eigenvalue weighted by molar-refractivity contribution is 5.92. The van der Waals surface area contributed by atoms with Crippen molar-refractivity contribution >= 4 is 5.71 Å². The van der Waals surface area contributed by atoms with Crippen LogP contribution in [0.5, 0.6) is 0 Å². The Morgan fingerprint density at radius 2 is 2.55 bits per heavy atom. The molecule has 0 aromatic rings. The Bertz CT molecular complexity index is 200. The minimum Gasteiger partial charge on any atom is -0.411 e. The maximum absolute atomic E-state index is 8.77. The minimum atomic E-state index is 0.319. The molecule has 11 heavy (non-hydrogen) atoms. The van der Waals surface area contributed by atoms with E-state index in [1.54, 1.807) is 0 Å². The lowest BCUT2D eigenvalue weighted by Crippen LogP contribution is -2.24. The predicted molar refractivity (Wildman–Crippen MR) is 43.9 cm³/mol. The van der Waals surface area contributed by atoms with Crippen molar-refractivity contribution in [2.24, 2.45) is 16.5 Å². The van der Waals surface area contributed by atoms with Crippen LogP contribution in [0, 0.1) is 11.3 Å². The molecule has 2 aliphatic rings. The summed E-state index contributed by atoms with van der Waals surface area (Å²) < 4.78 is 0. The van der Waals surface area contributed by atoms with Crippen molar-refractivity contribution in [3.05, 3.63) is 0 Å². The number of oxime groups is 1. The molecule has 1 N–H and O–H groups in total. The molecule has 2 saturated carbocycles. The van der Waals surface area contributed by atoms with Gasteiger partial charge in [0.15, 0.2) is 0 Å². The second-order valence-corrected chi connectivity index (χ2v) is 3.99. The van der Waals surface area contributed by atoms with Crippen molar-refractivity contribution in [3.8, 4) is 0 Å². The fourth-order valence-electron chi connectivity index (χ4n) is 2.84. The summed E-state index contributed by atoms with van der Waals surface area (Å²) in [7, 11) is 0. The molecule has 0 aromatic heterocycles. The molecule has 0 amide bonds. The second kappa shape index (κ2) is 2.23. The zero-order chi connectivity index (χ0) is 7.90. The van der Waals surface area contributed by atoms with Crippen LogP contribution in [0.4, 0.5) is 0 Å². The van der Waals surface area contributed by atoms with E-state index in [4.69, 9.17) is 5.21 Å². The monoisotopic (exact) mass is 153 g/mol. The summed E-state index contributed by atoms with van der Waals surface area (Å²) in [5.41, 5.74) is 1.40. The summed E-state index contributed by atoms with van der Waals surface area (Å²) in [6.45, 7) is 2.21. The van der Waals surface area contributed by atoms with Crippen LogP contribution in [-0.4, -0.2) is 10.9 Å². The Morgan fingerprint density at radius 1 is 1.73 bits per heavy atom. The number of hydrogen-bond donors (Lipinski definition) is 1. The van der Waals surface area contributed by atoms with E-state index in [9.17, 15) is 0 Å². The van der Waals surface area contributed by atoms with Crippen molar-refractivity contribution in [1.29, 1.82) is 0 Å². The molecule has 0 aliphatic heterocycles. The van der Waals surface area contributed by atoms with E-state index in [1.165, 1.54) is 19.3 Å². The molecule has 62 valence electrons. The largest absolute Gasteiger partial charge is 0.411 e. The third kappa shape index (κ3) is 0.815. The summed E-state index contributed by atoms with van der Waals surface area (Å²) in [5, 5.41) is 12.2. The Hall–Kier alpha value is -0.530. The highest BCUT2D eigenvalue weighted by atomic mass is 16.4. The lowest BCUT2D eigenvalue weighted by Gasteiger charge is -2.24. The summed E-state index contributed by atoms with van der Waals surface area (Å²) >= 11 is 0. The van der Waals surface area contributed by atoms with E-state index < -0.39 is 0 Å². The van der Waals surface area contributed by atoms with E-state index in [0.29, 0.717) is 5.41 Å². The van der Waals surface area contributed by atoms with E-state index >= 15 is 0 Å². The zero-order valence-electron chi connectivity index (χ0n) is 7.01. The molecular formula is C9H15NO. The Labute approximate surface area is 67.3 Å². The standard InChI is InChI=1S/C9H15NO/c1-2-9-4-3-7(6-9)5-8(9)10-11/h7,11H,2-6H2,1H3/b10-8+. The van der Waals surface area contributed by atoms with Gasteiger partial charge in [0, 0.05) is 5.41 Å². The van der Waals surface area contributed by atoms with E-state index in [2.05, 4.69) is 12.1 Å². The highest BCUT2D eigenvalue weighted by Gasteiger charge is 2.48. The molecular weight excluding hydrogens is 138 g/mol. The van der Waals surface area contributed by atoms with Crippen molar-refractivity contribution in [1.82, 2.24) is 0 Å². The van der Waals surface area contributed by atoms with Crippen molar-refractivity contribution < 1.29 is 5.21 Å². The van der Waals surface area contributed by atoms with Gasteiger partial charge in [0.2, 0.25) is 0 Å². The van der Waals surface area contributed by atoms with Gasteiger partial charge in [-0.25, -0.2) is 0 Å². The highest BCUT2D eigenvalue weighted by Crippen LogP contribution is 2.53. The molecule has 2 rings (SSSR count). The average molecular weight is 153 g/mol. The van der Waals surface area contributed by atoms with Gasteiger partial charge in [-0.2, -0.15) is 0 Å². The van der Waals surface area contributed by atoms with Crippen LogP contribution in [0.2, 0.25) is 0 Å². The van der Waals surface area contributed by atoms with Gasteiger partial charge >= 0.3 is 0 Å². The molecule has 2 unspecified atom stereocenters. The van der Waals surface area contributed by atoms with Gasteiger partial charge in [-0.05, 0) is 38.0 Å². The maximum atomic E-state index is 8.77. The Morgan fingerprint density at radius 3 is 3.00 bits per heavy atom. The Kier molecular flexibility index (Phi) is 1.44. The molecule has 0 aromatic carbocycles. The first-order valence-electron chi connectivity index (χ1n) is 4.52. The third-order valence-electron chi connectivity index (χ3n) is 3.60. The summed E-state index contributed by atoms with van der Waals surface area (Å²) in [4.78, 5) is 0. The summed E-state index contributed by atoms with van der Waals surface area (Å²) in [6, 6.07) is 0. The first-order valence-corrected chi connectivity index (χ1v) is 4.52. The zero-order valence-corrected chi connectivity index (χ0v) is 7.01. The van der Waals surface area contributed by atoms with Crippen LogP contribution in [-0.2, 0) is 0 Å². The lowest BCUT2D eigenvalue weighted by atomic mass is 9.80. The van der Waals surface area contributed by atoms with Gasteiger partial charge in [-0.1, -0.05) is 12.1 Å². The van der Waals surface area contributed by atoms with Gasteiger partial charge in [0.1, 0.15) is 0 Å². The van der Waals surface area contributed by atoms with E-state index in [1.807, 2.05) is 0 Å². The fourth-order valence-corrected chi connectivity index (χ4v) is 2.84. The van der Waals surface area contributed by atoms with Gasteiger partial charge in [0.25, 0.3) is 0 Å². The van der Waals surface area contributed by atoms with Gasteiger partial charge < -0.3 is 5.21 Å². The maximum Gasteiger partial charge on any atom is 0.0635 e. The average Bonchev–Trinajstić information content (AvgIpc) is 2.60. The molecule has 0 saturated heterocycles. The van der Waals surface area contributed by atoms with Crippen molar-refractivity contribution in [3.63, 3.8) is 0 Å². The summed E-state index contributed by atoms with van der Waals surface area (Å²) in [5.74, 6) is 0.834. The molecule has 0 radical (unpaired) electrons. The van der Waals surface area contributed by atoms with Gasteiger partial charge in [-0.3, -0.25) is 0 Å². The smallest absolute Gasteiger partial charge is 0.0635 e. The normalized spacial score (nSPS) is 45.5. The number of rotatable bonds is 1. The van der Waals surface area contributed by atoms with Crippen LogP contribution >= 0.6 is 0 Å². The van der Waals surface area contributed by atoms with Gasteiger partial charge in [0.05, 0.1) is 5.71 Å². The third-order valence-corrected chi connectivity index (χ3v) is 3.60. The van der Waals surface area contributed by atoms with Crippen molar-refractivity contribution in [2.75, 3.05) is 0 Å². The predicted octanol–water partition coefficient (Wildman–Crippen LogP) is 2.42. The first-order chi connectivity index (χ1) is 5.30. The van der Waals surface area contributed by atoms with Crippen LogP contribution in [0.3, 0.4) is 0 Å². The van der Waals surface area contributed by atoms with E-state index in [-0.39, 0.29) is 0 Å². The number of hydrogen-bond acceptors (Lipinski definition) is 2. The van der Waals surface area contributed by atoms with Crippen LogP contribution in [0.25, 0.3) is 0 Å². The number of fused-ring (bicyclic) bond motifs is 2. The van der Waals surface area contributed by atoms with Crippen LogP contribution < -0.4 is 0 Å². The quantitative estimate of drug-likeness (QED) is 0.455. The lowest BCUT2D eigenvalue weighted by molar-refractivity contribution is 0.302. The second-order valence-electron chi connectivity index (χ2n) is 3.99. The van der Waals surface area contributed by atoms with Gasteiger partial charge in [-0.15, -0.1) is 0 Å².